The van der Waals surface area contributed by atoms with Crippen LogP contribution in [0.2, 0.25) is 5.02 Å². The Morgan fingerprint density at radius 3 is 2.58 bits per heavy atom. The summed E-state index contributed by atoms with van der Waals surface area (Å²) in [4.78, 5) is 14.0. The smallest absolute Gasteiger partial charge is 0.227 e. The van der Waals surface area contributed by atoms with Gasteiger partial charge in [-0.15, -0.1) is 0 Å². The number of imidazole rings is 1. The highest BCUT2D eigenvalue weighted by molar-refractivity contribution is 6.32. The van der Waals surface area contributed by atoms with Gasteiger partial charge in [0.25, 0.3) is 0 Å². The number of phenolic OH excluding ortho intramolecular Hbond substituents is 1. The van der Waals surface area contributed by atoms with E-state index in [1.165, 1.54) is 0 Å². The zero-order chi connectivity index (χ0) is 22.6. The number of aromatic nitrogens is 4. The largest absolute Gasteiger partial charge is 0.506 e. The van der Waals surface area contributed by atoms with E-state index in [2.05, 4.69) is 45.9 Å². The predicted molar refractivity (Wildman–Crippen MR) is 125 cm³/mol. The van der Waals surface area contributed by atoms with E-state index >= 15 is 0 Å². The molecule has 1 unspecified atom stereocenters. The van der Waals surface area contributed by atoms with E-state index in [0.717, 1.165) is 19.3 Å². The van der Waals surface area contributed by atoms with Gasteiger partial charge in [-0.2, -0.15) is 9.97 Å². The minimum Gasteiger partial charge on any atom is -0.506 e. The van der Waals surface area contributed by atoms with E-state index < -0.39 is 0 Å². The molecule has 8 nitrogen and oxygen atoms in total. The summed E-state index contributed by atoms with van der Waals surface area (Å²) in [5.74, 6) is 1.01. The van der Waals surface area contributed by atoms with Crippen LogP contribution >= 0.6 is 11.6 Å². The van der Waals surface area contributed by atoms with Crippen molar-refractivity contribution in [1.82, 2.24) is 19.5 Å². The maximum atomic E-state index is 10.2. The van der Waals surface area contributed by atoms with Crippen LogP contribution < -0.4 is 10.6 Å². The average Bonchev–Trinajstić information content (AvgIpc) is 3.22. The fourth-order valence-corrected chi connectivity index (χ4v) is 3.61. The molecule has 31 heavy (non-hydrogen) atoms. The molecule has 3 rings (SSSR count). The second kappa shape index (κ2) is 9.70. The molecular weight excluding hydrogens is 416 g/mol. The van der Waals surface area contributed by atoms with Gasteiger partial charge in [-0.25, -0.2) is 4.98 Å². The van der Waals surface area contributed by atoms with Gasteiger partial charge in [-0.3, -0.25) is 0 Å². The minimum absolute atomic E-state index is 0.0159. The molecule has 2 heterocycles. The number of hydrogen-bond donors (Lipinski definition) is 4. The first kappa shape index (κ1) is 23.1. The number of nitrogens with one attached hydrogen (secondary N) is 2. The molecule has 0 bridgehead atoms. The normalized spacial score (nSPS) is 12.8. The fraction of sp³-hybridized carbons (Fsp3) is 0.500. The highest BCUT2D eigenvalue weighted by atomic mass is 35.5. The number of fused-ring (bicyclic) bond motifs is 1. The number of benzene rings is 1. The van der Waals surface area contributed by atoms with Crippen LogP contribution in [0, 0.1) is 0 Å². The highest BCUT2D eigenvalue weighted by Gasteiger charge is 2.26. The van der Waals surface area contributed by atoms with Crippen molar-refractivity contribution < 1.29 is 10.2 Å². The van der Waals surface area contributed by atoms with Crippen molar-refractivity contribution in [2.75, 3.05) is 17.2 Å². The number of para-hydroxylation sites is 1. The van der Waals surface area contributed by atoms with E-state index in [9.17, 15) is 10.2 Å². The Kier molecular flexibility index (Phi) is 7.23. The second-order valence-electron chi connectivity index (χ2n) is 7.92. The topological polar surface area (TPSA) is 108 Å². The Hall–Kier alpha value is -2.58. The summed E-state index contributed by atoms with van der Waals surface area (Å²) in [5, 5.41) is 26.6. The van der Waals surface area contributed by atoms with Gasteiger partial charge in [0.05, 0.1) is 24.0 Å². The van der Waals surface area contributed by atoms with Crippen molar-refractivity contribution in [3.05, 3.63) is 35.1 Å². The Bertz CT molecular complexity index is 1030. The standard InChI is InChI=1S/C22H31ClN6O2/c1-5-15(12-30)26-21-27-19(24-11-14-9-8-10-16(23)18(14)31)17-20(28-21)29(13-25-17)22(4,6-2)7-3/h8-10,13,15,30-31H,5-7,11-12H2,1-4H3,(H2,24,26,27,28). The van der Waals surface area contributed by atoms with E-state index in [0.29, 0.717) is 40.1 Å². The molecule has 0 saturated carbocycles. The van der Waals surface area contributed by atoms with Gasteiger partial charge >= 0.3 is 0 Å². The molecule has 0 amide bonds. The Morgan fingerprint density at radius 1 is 1.19 bits per heavy atom. The molecule has 4 N–H and O–H groups in total. The van der Waals surface area contributed by atoms with Crippen molar-refractivity contribution >= 4 is 34.5 Å². The number of aromatic hydroxyl groups is 1. The predicted octanol–water partition coefficient (Wildman–Crippen LogP) is 4.52. The summed E-state index contributed by atoms with van der Waals surface area (Å²) < 4.78 is 2.09. The first-order valence-corrected chi connectivity index (χ1v) is 11.1. The molecule has 0 aliphatic carbocycles. The van der Waals surface area contributed by atoms with Crippen LogP contribution in [0.25, 0.3) is 11.2 Å². The number of rotatable bonds is 10. The van der Waals surface area contributed by atoms with Crippen molar-refractivity contribution in [2.24, 2.45) is 0 Å². The number of hydrogen-bond acceptors (Lipinski definition) is 7. The maximum Gasteiger partial charge on any atom is 0.227 e. The molecule has 2 aromatic heterocycles. The van der Waals surface area contributed by atoms with Crippen LogP contribution in [0.1, 0.15) is 52.5 Å². The number of aliphatic hydroxyl groups excluding tert-OH is 1. The summed E-state index contributed by atoms with van der Waals surface area (Å²) in [5.41, 5.74) is 1.89. The number of phenols is 1. The Morgan fingerprint density at radius 2 is 1.94 bits per heavy atom. The second-order valence-corrected chi connectivity index (χ2v) is 8.33. The van der Waals surface area contributed by atoms with Crippen molar-refractivity contribution in [2.45, 2.75) is 65.1 Å². The van der Waals surface area contributed by atoms with E-state index in [1.54, 1.807) is 18.2 Å². The molecule has 0 aliphatic rings. The molecule has 0 radical (unpaired) electrons. The van der Waals surface area contributed by atoms with Gasteiger partial charge in [0.1, 0.15) is 5.75 Å². The first-order valence-electron chi connectivity index (χ1n) is 10.7. The van der Waals surface area contributed by atoms with Crippen LogP contribution in [0.4, 0.5) is 11.8 Å². The lowest BCUT2D eigenvalue weighted by molar-refractivity contribution is 0.271. The van der Waals surface area contributed by atoms with Gasteiger partial charge in [-0.05, 0) is 32.3 Å². The summed E-state index contributed by atoms with van der Waals surface area (Å²) in [6.07, 6.45) is 4.39. The van der Waals surface area contributed by atoms with Crippen LogP contribution in [0.3, 0.4) is 0 Å². The lowest BCUT2D eigenvalue weighted by atomic mass is 9.95. The quantitative estimate of drug-likeness (QED) is 0.362. The van der Waals surface area contributed by atoms with Crippen LogP contribution in [-0.4, -0.2) is 42.4 Å². The summed E-state index contributed by atoms with van der Waals surface area (Å²) in [6, 6.07) is 5.08. The van der Waals surface area contributed by atoms with E-state index in [1.807, 2.05) is 13.3 Å². The zero-order valence-electron chi connectivity index (χ0n) is 18.5. The zero-order valence-corrected chi connectivity index (χ0v) is 19.2. The van der Waals surface area contributed by atoms with Crippen molar-refractivity contribution in [1.29, 1.82) is 0 Å². The highest BCUT2D eigenvalue weighted by Crippen LogP contribution is 2.32. The molecular formula is C22H31ClN6O2. The van der Waals surface area contributed by atoms with E-state index in [4.69, 9.17) is 16.6 Å². The SMILES string of the molecule is CCC(CO)Nc1nc(NCc2cccc(Cl)c2O)c2ncn(C(C)(CC)CC)c2n1. The third-order valence-corrected chi connectivity index (χ3v) is 6.37. The maximum absolute atomic E-state index is 10.2. The summed E-state index contributed by atoms with van der Waals surface area (Å²) in [6.45, 7) is 8.77. The monoisotopic (exact) mass is 446 g/mol. The first-order chi connectivity index (χ1) is 14.9. The van der Waals surface area contributed by atoms with Gasteiger partial charge in [-0.1, -0.05) is 44.5 Å². The Labute approximate surface area is 187 Å². The van der Waals surface area contributed by atoms with Gasteiger partial charge in [0.2, 0.25) is 5.95 Å². The molecule has 168 valence electrons. The lowest BCUT2D eigenvalue weighted by Gasteiger charge is -2.29. The minimum atomic E-state index is -0.151. The molecule has 1 atom stereocenters. The number of aliphatic hydroxyl groups is 1. The molecule has 1 aromatic carbocycles. The fourth-order valence-electron chi connectivity index (χ4n) is 3.41. The third-order valence-electron chi connectivity index (χ3n) is 6.06. The summed E-state index contributed by atoms with van der Waals surface area (Å²) in [7, 11) is 0. The number of anilines is 2. The van der Waals surface area contributed by atoms with Gasteiger partial charge in [0.15, 0.2) is 17.0 Å². The van der Waals surface area contributed by atoms with Gasteiger partial charge in [0, 0.05) is 17.6 Å². The van der Waals surface area contributed by atoms with Crippen LogP contribution in [-0.2, 0) is 12.1 Å². The third kappa shape index (κ3) is 4.70. The average molecular weight is 447 g/mol. The number of halogens is 1. The number of nitrogens with zero attached hydrogens (tertiary/aromatic N) is 4. The van der Waals surface area contributed by atoms with Crippen molar-refractivity contribution in [3.8, 4) is 5.75 Å². The van der Waals surface area contributed by atoms with E-state index in [-0.39, 0.29) is 23.9 Å². The Balaban J connectivity index is 2.05. The molecule has 0 aliphatic heterocycles. The van der Waals surface area contributed by atoms with Crippen LogP contribution in [0.5, 0.6) is 5.75 Å². The molecule has 0 fully saturated rings. The molecule has 0 spiro atoms. The van der Waals surface area contributed by atoms with Gasteiger partial charge < -0.3 is 25.4 Å². The van der Waals surface area contributed by atoms with Crippen LogP contribution in [0.15, 0.2) is 24.5 Å². The molecule has 9 heteroatoms. The summed E-state index contributed by atoms with van der Waals surface area (Å²) >= 11 is 6.04. The lowest BCUT2D eigenvalue weighted by Crippen LogP contribution is -2.28. The molecule has 3 aromatic rings. The van der Waals surface area contributed by atoms with Crippen molar-refractivity contribution in [3.63, 3.8) is 0 Å². The molecule has 0 saturated heterocycles.